The molecule has 2 N–H and O–H groups in total. The molecular formula is C11H15ClN2S. The number of fused-ring (bicyclic) bond motifs is 1. The third-order valence-corrected chi connectivity index (χ3v) is 4.24. The molecule has 4 heteroatoms. The van der Waals surface area contributed by atoms with Crippen LogP contribution in [-0.4, -0.2) is 25.4 Å². The molecule has 1 aliphatic rings. The molecule has 0 saturated carbocycles. The van der Waals surface area contributed by atoms with E-state index in [1.807, 2.05) is 17.8 Å². The highest BCUT2D eigenvalue weighted by molar-refractivity contribution is 7.99. The molecule has 15 heavy (non-hydrogen) atoms. The van der Waals surface area contributed by atoms with Gasteiger partial charge in [-0.2, -0.15) is 0 Å². The number of hydrogen-bond acceptors (Lipinski definition) is 3. The summed E-state index contributed by atoms with van der Waals surface area (Å²) >= 11 is 8.12. The number of hydrogen-bond donors (Lipinski definition) is 1. The van der Waals surface area contributed by atoms with E-state index in [0.29, 0.717) is 12.6 Å². The average Bonchev–Trinajstić information content (AvgIpc) is 2.17. The fraction of sp³-hybridized carbons (Fsp3) is 0.455. The topological polar surface area (TPSA) is 29.3 Å². The Hall–Kier alpha value is -0.380. The van der Waals surface area contributed by atoms with Gasteiger partial charge in [0.05, 0.1) is 16.8 Å². The highest BCUT2D eigenvalue weighted by Gasteiger charge is 2.25. The van der Waals surface area contributed by atoms with E-state index in [0.717, 1.165) is 16.5 Å². The van der Waals surface area contributed by atoms with Crippen molar-refractivity contribution in [1.29, 1.82) is 0 Å². The third kappa shape index (κ3) is 1.96. The highest BCUT2D eigenvalue weighted by Crippen LogP contribution is 2.41. The molecule has 0 aliphatic carbocycles. The Morgan fingerprint density at radius 1 is 1.60 bits per heavy atom. The van der Waals surface area contributed by atoms with Gasteiger partial charge in [-0.25, -0.2) is 0 Å². The van der Waals surface area contributed by atoms with E-state index in [9.17, 15) is 0 Å². The molecule has 0 spiro atoms. The molecule has 0 saturated heterocycles. The van der Waals surface area contributed by atoms with Crippen LogP contribution in [0.1, 0.15) is 5.56 Å². The monoisotopic (exact) mass is 242 g/mol. The lowest BCUT2D eigenvalue weighted by molar-refractivity contribution is 0.691. The Morgan fingerprint density at radius 2 is 2.33 bits per heavy atom. The van der Waals surface area contributed by atoms with E-state index in [-0.39, 0.29) is 0 Å². The van der Waals surface area contributed by atoms with Gasteiger partial charge in [-0.1, -0.05) is 11.6 Å². The Balaban J connectivity index is 2.47. The normalized spacial score (nSPS) is 20.3. The molecule has 0 fully saturated rings. The number of nitrogens with zero attached hydrogens (tertiary/aromatic N) is 1. The van der Waals surface area contributed by atoms with Crippen molar-refractivity contribution in [1.82, 2.24) is 0 Å². The molecule has 82 valence electrons. The second-order valence-electron chi connectivity index (χ2n) is 3.90. The maximum Gasteiger partial charge on any atom is 0.0694 e. The molecule has 2 nitrogen and oxygen atoms in total. The molecule has 1 aromatic carbocycles. The predicted octanol–water partition coefficient (Wildman–Crippen LogP) is 2.52. The van der Waals surface area contributed by atoms with Crippen molar-refractivity contribution in [3.05, 3.63) is 22.7 Å². The van der Waals surface area contributed by atoms with Crippen LogP contribution in [0.4, 0.5) is 5.69 Å². The molecule has 0 bridgehead atoms. The Labute approximate surface area is 99.8 Å². The Kier molecular flexibility index (Phi) is 3.14. The quantitative estimate of drug-likeness (QED) is 0.821. The molecule has 1 heterocycles. The minimum atomic E-state index is 0.391. The smallest absolute Gasteiger partial charge is 0.0694 e. The molecule has 0 aromatic heterocycles. The van der Waals surface area contributed by atoms with Crippen molar-refractivity contribution < 1.29 is 0 Å². The summed E-state index contributed by atoms with van der Waals surface area (Å²) in [6.45, 7) is 2.74. The number of nitrogens with two attached hydrogens (primary N) is 1. The van der Waals surface area contributed by atoms with E-state index >= 15 is 0 Å². The van der Waals surface area contributed by atoms with Crippen LogP contribution in [0.3, 0.4) is 0 Å². The van der Waals surface area contributed by atoms with E-state index in [1.54, 1.807) is 0 Å². The van der Waals surface area contributed by atoms with Crippen LogP contribution >= 0.6 is 23.4 Å². The van der Waals surface area contributed by atoms with Crippen LogP contribution in [0.25, 0.3) is 0 Å². The molecule has 1 atom stereocenters. The van der Waals surface area contributed by atoms with Crippen molar-refractivity contribution in [3.8, 4) is 0 Å². The van der Waals surface area contributed by atoms with Gasteiger partial charge in [0.25, 0.3) is 0 Å². The van der Waals surface area contributed by atoms with E-state index in [4.69, 9.17) is 17.3 Å². The molecule has 0 amide bonds. The lowest BCUT2D eigenvalue weighted by Crippen LogP contribution is -2.42. The number of anilines is 1. The first-order valence-corrected chi connectivity index (χ1v) is 6.35. The van der Waals surface area contributed by atoms with Gasteiger partial charge in [-0.3, -0.25) is 0 Å². The van der Waals surface area contributed by atoms with Crippen LogP contribution in [0.2, 0.25) is 5.02 Å². The fourth-order valence-electron chi connectivity index (χ4n) is 1.86. The minimum absolute atomic E-state index is 0.391. The standard InChI is InChI=1S/C11H15ClN2S/c1-7-3-9(12)11-10(4-7)15-6-8(5-13)14(11)2/h3-4,8H,5-6,13H2,1-2H3. The Morgan fingerprint density at radius 3 is 3.00 bits per heavy atom. The molecule has 1 aliphatic heterocycles. The van der Waals surface area contributed by atoms with Gasteiger partial charge in [0, 0.05) is 24.2 Å². The maximum atomic E-state index is 6.27. The van der Waals surface area contributed by atoms with Crippen LogP contribution in [0.15, 0.2) is 17.0 Å². The number of rotatable bonds is 1. The van der Waals surface area contributed by atoms with Gasteiger partial charge in [0.1, 0.15) is 0 Å². The zero-order valence-corrected chi connectivity index (χ0v) is 10.5. The van der Waals surface area contributed by atoms with Crippen molar-refractivity contribution in [2.75, 3.05) is 24.2 Å². The van der Waals surface area contributed by atoms with Crippen LogP contribution in [-0.2, 0) is 0 Å². The van der Waals surface area contributed by atoms with Crippen LogP contribution < -0.4 is 10.6 Å². The lowest BCUT2D eigenvalue weighted by Gasteiger charge is -2.35. The lowest BCUT2D eigenvalue weighted by atomic mass is 10.2. The minimum Gasteiger partial charge on any atom is -0.367 e. The highest BCUT2D eigenvalue weighted by atomic mass is 35.5. The van der Waals surface area contributed by atoms with Gasteiger partial charge < -0.3 is 10.6 Å². The van der Waals surface area contributed by atoms with E-state index < -0.39 is 0 Å². The summed E-state index contributed by atoms with van der Waals surface area (Å²) in [4.78, 5) is 3.47. The first-order valence-electron chi connectivity index (χ1n) is 4.99. The molecule has 1 aromatic rings. The summed E-state index contributed by atoms with van der Waals surface area (Å²) in [7, 11) is 2.07. The number of halogens is 1. The Bertz CT molecular complexity index is 381. The van der Waals surface area contributed by atoms with Gasteiger partial charge in [0.15, 0.2) is 0 Å². The van der Waals surface area contributed by atoms with Crippen molar-refractivity contribution in [2.45, 2.75) is 17.9 Å². The summed E-state index contributed by atoms with van der Waals surface area (Å²) in [6.07, 6.45) is 0. The van der Waals surface area contributed by atoms with Gasteiger partial charge in [-0.05, 0) is 24.6 Å². The first kappa shape index (κ1) is 11.1. The second-order valence-corrected chi connectivity index (χ2v) is 5.37. The SMILES string of the molecule is Cc1cc(Cl)c2c(c1)SCC(CN)N2C. The van der Waals surface area contributed by atoms with Gasteiger partial charge in [0.2, 0.25) is 0 Å². The summed E-state index contributed by atoms with van der Waals surface area (Å²) < 4.78 is 0. The number of benzene rings is 1. The van der Waals surface area contributed by atoms with Gasteiger partial charge >= 0.3 is 0 Å². The van der Waals surface area contributed by atoms with Crippen LogP contribution in [0, 0.1) is 6.92 Å². The van der Waals surface area contributed by atoms with Crippen LogP contribution in [0.5, 0.6) is 0 Å². The number of thioether (sulfide) groups is 1. The maximum absolute atomic E-state index is 6.27. The summed E-state index contributed by atoms with van der Waals surface area (Å²) in [5, 5.41) is 0.832. The second kappa shape index (κ2) is 4.24. The third-order valence-electron chi connectivity index (χ3n) is 2.78. The summed E-state index contributed by atoms with van der Waals surface area (Å²) in [5.74, 6) is 1.04. The zero-order valence-electron chi connectivity index (χ0n) is 8.96. The number of aryl methyl sites for hydroxylation is 1. The summed E-state index contributed by atoms with van der Waals surface area (Å²) in [6, 6.07) is 4.59. The predicted molar refractivity (Wildman–Crippen MR) is 68.2 cm³/mol. The van der Waals surface area contributed by atoms with Crippen molar-refractivity contribution in [2.24, 2.45) is 5.73 Å². The average molecular weight is 243 g/mol. The number of likely N-dealkylation sites (N-methyl/N-ethyl adjacent to an activating group) is 1. The van der Waals surface area contributed by atoms with E-state index in [2.05, 4.69) is 24.9 Å². The zero-order chi connectivity index (χ0) is 11.0. The summed E-state index contributed by atoms with van der Waals surface area (Å²) in [5.41, 5.74) is 8.08. The van der Waals surface area contributed by atoms with E-state index in [1.165, 1.54) is 10.5 Å². The fourth-order valence-corrected chi connectivity index (χ4v) is 3.72. The molecule has 2 rings (SSSR count). The van der Waals surface area contributed by atoms with Crippen molar-refractivity contribution >= 4 is 29.1 Å². The molecule has 1 unspecified atom stereocenters. The van der Waals surface area contributed by atoms with Gasteiger partial charge in [-0.15, -0.1) is 11.8 Å². The first-order chi connectivity index (χ1) is 7.13. The van der Waals surface area contributed by atoms with Crippen molar-refractivity contribution in [3.63, 3.8) is 0 Å². The molecular weight excluding hydrogens is 228 g/mol. The largest absolute Gasteiger partial charge is 0.367 e. The molecule has 0 radical (unpaired) electrons.